The molecule has 0 radical (unpaired) electrons. The zero-order valence-electron chi connectivity index (χ0n) is 14.5. The summed E-state index contributed by atoms with van der Waals surface area (Å²) in [4.78, 5) is 14.6. The lowest BCUT2D eigenvalue weighted by Crippen LogP contribution is -2.08. The molecule has 0 aliphatic carbocycles. The molecular weight excluding hydrogens is 372 g/mol. The molecule has 0 atom stereocenters. The van der Waals surface area contributed by atoms with E-state index in [0.29, 0.717) is 23.2 Å². The first kappa shape index (κ1) is 18.1. The van der Waals surface area contributed by atoms with Crippen LogP contribution < -0.4 is 0 Å². The van der Waals surface area contributed by atoms with Crippen LogP contribution in [-0.4, -0.2) is 19.9 Å². The molecule has 0 amide bonds. The molecule has 1 N–H and O–H groups in total. The van der Waals surface area contributed by atoms with Crippen LogP contribution in [0, 0.1) is 5.95 Å². The first-order valence-corrected chi connectivity index (χ1v) is 8.47. The first-order chi connectivity index (χ1) is 13.4. The number of alkyl halides is 3. The second kappa shape index (κ2) is 7.03. The Hall–Kier alpha value is -3.29. The van der Waals surface area contributed by atoms with E-state index in [0.717, 1.165) is 28.9 Å². The average Bonchev–Trinajstić information content (AvgIpc) is 3.07. The second-order valence-corrected chi connectivity index (χ2v) is 6.37. The van der Waals surface area contributed by atoms with Crippen molar-refractivity contribution in [3.63, 3.8) is 0 Å². The summed E-state index contributed by atoms with van der Waals surface area (Å²) in [5.74, 6) is -0.601. The number of nitrogens with one attached hydrogen (secondary N) is 1. The molecule has 0 aliphatic heterocycles. The molecule has 4 aromatic rings. The maximum Gasteiger partial charge on any atom is 0.433 e. The molecule has 0 bridgehead atoms. The van der Waals surface area contributed by atoms with E-state index in [1.165, 1.54) is 6.07 Å². The van der Waals surface area contributed by atoms with Crippen LogP contribution in [0.15, 0.2) is 55.0 Å². The van der Waals surface area contributed by atoms with E-state index in [4.69, 9.17) is 0 Å². The quantitative estimate of drug-likeness (QED) is 0.409. The van der Waals surface area contributed by atoms with Gasteiger partial charge in [-0.3, -0.25) is 4.98 Å². The van der Waals surface area contributed by atoms with Crippen LogP contribution >= 0.6 is 0 Å². The fourth-order valence-electron chi connectivity index (χ4n) is 3.00. The Kier molecular flexibility index (Phi) is 4.54. The zero-order valence-corrected chi connectivity index (χ0v) is 14.5. The zero-order chi connectivity index (χ0) is 19.7. The number of halogens is 4. The highest BCUT2D eigenvalue weighted by Crippen LogP contribution is 2.27. The van der Waals surface area contributed by atoms with Crippen LogP contribution in [0.1, 0.15) is 28.1 Å². The lowest BCUT2D eigenvalue weighted by Gasteiger charge is -2.08. The van der Waals surface area contributed by atoms with Gasteiger partial charge in [-0.2, -0.15) is 17.6 Å². The minimum absolute atomic E-state index is 0.194. The van der Waals surface area contributed by atoms with Crippen LogP contribution in [0.25, 0.3) is 11.0 Å². The van der Waals surface area contributed by atoms with Gasteiger partial charge in [0.15, 0.2) is 0 Å². The van der Waals surface area contributed by atoms with Crippen molar-refractivity contribution in [2.24, 2.45) is 0 Å². The van der Waals surface area contributed by atoms with Gasteiger partial charge in [-0.1, -0.05) is 12.1 Å². The molecular formula is C20H14F4N4. The highest BCUT2D eigenvalue weighted by Gasteiger charge is 2.32. The van der Waals surface area contributed by atoms with E-state index in [-0.39, 0.29) is 6.42 Å². The monoisotopic (exact) mass is 386 g/mol. The molecule has 142 valence electrons. The Labute approximate surface area is 157 Å². The minimum atomic E-state index is -4.48. The largest absolute Gasteiger partial charge is 0.433 e. The molecule has 8 heteroatoms. The average molecular weight is 386 g/mol. The summed E-state index contributed by atoms with van der Waals surface area (Å²) < 4.78 is 52.2. The predicted molar refractivity (Wildman–Crippen MR) is 95.1 cm³/mol. The number of H-pyrrole nitrogens is 1. The molecule has 0 spiro atoms. The third-order valence-corrected chi connectivity index (χ3v) is 4.40. The smallest absolute Gasteiger partial charge is 0.346 e. The van der Waals surface area contributed by atoms with E-state index in [9.17, 15) is 17.6 Å². The summed E-state index contributed by atoms with van der Waals surface area (Å²) >= 11 is 0. The van der Waals surface area contributed by atoms with Gasteiger partial charge in [0.2, 0.25) is 5.95 Å². The fraction of sp³-hybridized carbons (Fsp3) is 0.150. The molecule has 0 fully saturated rings. The van der Waals surface area contributed by atoms with Crippen LogP contribution in [0.3, 0.4) is 0 Å². The Bertz CT molecular complexity index is 1120. The van der Waals surface area contributed by atoms with Gasteiger partial charge >= 0.3 is 6.18 Å². The standard InChI is InChI=1S/C20H14F4N4/c21-18-13(9-14-11-27-19-16(14)2-1-7-25-19)4-5-15(28-18)8-12-3-6-17(26-10-12)20(22,23)24/h1-7,10-11H,8-9H2,(H,25,27). The second-order valence-electron chi connectivity index (χ2n) is 6.37. The van der Waals surface area contributed by atoms with Gasteiger partial charge in [0, 0.05) is 48.1 Å². The topological polar surface area (TPSA) is 54.5 Å². The Balaban J connectivity index is 1.51. The molecule has 0 saturated carbocycles. The van der Waals surface area contributed by atoms with E-state index in [1.807, 2.05) is 12.1 Å². The van der Waals surface area contributed by atoms with Crippen LogP contribution in [-0.2, 0) is 19.0 Å². The van der Waals surface area contributed by atoms with Gasteiger partial charge in [-0.15, -0.1) is 0 Å². The summed E-state index contributed by atoms with van der Waals surface area (Å²) in [6.07, 6.45) is 0.665. The molecule has 0 unspecified atom stereocenters. The Morgan fingerprint density at radius 2 is 1.79 bits per heavy atom. The summed E-state index contributed by atoms with van der Waals surface area (Å²) in [6, 6.07) is 9.27. The Morgan fingerprint density at radius 3 is 2.50 bits per heavy atom. The van der Waals surface area contributed by atoms with Gasteiger partial charge in [-0.05, 0) is 35.4 Å². The summed E-state index contributed by atoms with van der Waals surface area (Å²) in [5, 5.41) is 0.918. The van der Waals surface area contributed by atoms with Gasteiger partial charge < -0.3 is 4.98 Å². The molecule has 4 heterocycles. The molecule has 0 aromatic carbocycles. The third-order valence-electron chi connectivity index (χ3n) is 4.40. The molecule has 0 saturated heterocycles. The van der Waals surface area contributed by atoms with E-state index in [1.54, 1.807) is 24.5 Å². The molecule has 28 heavy (non-hydrogen) atoms. The van der Waals surface area contributed by atoms with Crippen LogP contribution in [0.2, 0.25) is 0 Å². The SMILES string of the molecule is Fc1nc(Cc2ccc(C(F)(F)F)nc2)ccc1Cc1c[nH]c2ncccc12. The summed E-state index contributed by atoms with van der Waals surface area (Å²) in [6.45, 7) is 0. The summed E-state index contributed by atoms with van der Waals surface area (Å²) in [5.41, 5.74) is 2.05. The fourth-order valence-corrected chi connectivity index (χ4v) is 3.00. The lowest BCUT2D eigenvalue weighted by molar-refractivity contribution is -0.141. The molecule has 0 aliphatic rings. The third kappa shape index (κ3) is 3.71. The van der Waals surface area contributed by atoms with Crippen molar-refractivity contribution in [2.75, 3.05) is 0 Å². The van der Waals surface area contributed by atoms with Crippen molar-refractivity contribution in [1.82, 2.24) is 19.9 Å². The highest BCUT2D eigenvalue weighted by atomic mass is 19.4. The number of nitrogens with zero attached hydrogens (tertiary/aromatic N) is 3. The number of aromatic nitrogens is 4. The maximum atomic E-state index is 14.5. The van der Waals surface area contributed by atoms with E-state index >= 15 is 0 Å². The number of aromatic amines is 1. The number of pyridine rings is 3. The number of hydrogen-bond donors (Lipinski definition) is 1. The summed E-state index contributed by atoms with van der Waals surface area (Å²) in [7, 11) is 0. The van der Waals surface area contributed by atoms with Crippen molar-refractivity contribution < 1.29 is 17.6 Å². The molecule has 4 aromatic heterocycles. The Morgan fingerprint density at radius 1 is 0.929 bits per heavy atom. The van der Waals surface area contributed by atoms with Gasteiger partial charge in [0.1, 0.15) is 11.3 Å². The first-order valence-electron chi connectivity index (χ1n) is 8.47. The van der Waals surface area contributed by atoms with Crippen LogP contribution in [0.4, 0.5) is 17.6 Å². The molecule has 4 nitrogen and oxygen atoms in total. The normalized spacial score (nSPS) is 11.9. The van der Waals surface area contributed by atoms with E-state index < -0.39 is 17.8 Å². The molecule has 4 rings (SSSR count). The minimum Gasteiger partial charge on any atom is -0.346 e. The van der Waals surface area contributed by atoms with Gasteiger partial charge in [0.25, 0.3) is 0 Å². The van der Waals surface area contributed by atoms with Gasteiger partial charge in [0.05, 0.1) is 0 Å². The van der Waals surface area contributed by atoms with Crippen molar-refractivity contribution in [3.8, 4) is 0 Å². The number of rotatable bonds is 4. The van der Waals surface area contributed by atoms with Crippen molar-refractivity contribution in [1.29, 1.82) is 0 Å². The number of hydrogen-bond acceptors (Lipinski definition) is 3. The lowest BCUT2D eigenvalue weighted by atomic mass is 10.0. The highest BCUT2D eigenvalue weighted by molar-refractivity contribution is 5.79. The van der Waals surface area contributed by atoms with Crippen molar-refractivity contribution >= 4 is 11.0 Å². The van der Waals surface area contributed by atoms with Crippen molar-refractivity contribution in [2.45, 2.75) is 19.0 Å². The predicted octanol–water partition coefficient (Wildman–Crippen LogP) is 4.69. The van der Waals surface area contributed by atoms with Crippen LogP contribution in [0.5, 0.6) is 0 Å². The van der Waals surface area contributed by atoms with Crippen molar-refractivity contribution in [3.05, 3.63) is 89.0 Å². The van der Waals surface area contributed by atoms with Gasteiger partial charge in [-0.25, -0.2) is 9.97 Å². The number of fused-ring (bicyclic) bond motifs is 1. The van der Waals surface area contributed by atoms with E-state index in [2.05, 4.69) is 19.9 Å². The maximum absolute atomic E-state index is 14.5.